The lowest BCUT2D eigenvalue weighted by Crippen LogP contribution is -2.43. The first-order valence-electron chi connectivity index (χ1n) is 7.70. The molecule has 1 aliphatic carbocycles. The summed E-state index contributed by atoms with van der Waals surface area (Å²) in [4.78, 5) is 6.65. The minimum Gasteiger partial charge on any atom is -0.370 e. The van der Waals surface area contributed by atoms with Crippen LogP contribution in [0.15, 0.2) is 27.7 Å². The molecule has 2 aliphatic rings. The standard InChI is InChI=1S/C16H21BrFN3/c17-13-8-7-11(9-14(13)18)15-10-20-16(19)21(15)12-5-3-1-2-4-6-12/h7-9,12,15H,1-6,10H2,(H2,19,20). The molecule has 0 aromatic heterocycles. The molecule has 0 radical (unpaired) electrons. The fourth-order valence-corrected chi connectivity index (χ4v) is 3.72. The molecule has 21 heavy (non-hydrogen) atoms. The van der Waals surface area contributed by atoms with E-state index in [0.29, 0.717) is 23.0 Å². The Morgan fingerprint density at radius 2 is 1.90 bits per heavy atom. The van der Waals surface area contributed by atoms with Gasteiger partial charge in [0.25, 0.3) is 0 Å². The Balaban J connectivity index is 1.85. The predicted octanol–water partition coefficient (Wildman–Crippen LogP) is 3.98. The van der Waals surface area contributed by atoms with Gasteiger partial charge < -0.3 is 10.6 Å². The smallest absolute Gasteiger partial charge is 0.192 e. The maximum absolute atomic E-state index is 13.8. The van der Waals surface area contributed by atoms with Crippen molar-refractivity contribution in [2.75, 3.05) is 6.54 Å². The third kappa shape index (κ3) is 3.07. The van der Waals surface area contributed by atoms with Gasteiger partial charge in [0.1, 0.15) is 5.82 Å². The molecule has 3 rings (SSSR count). The Morgan fingerprint density at radius 3 is 2.57 bits per heavy atom. The highest BCUT2D eigenvalue weighted by molar-refractivity contribution is 9.10. The van der Waals surface area contributed by atoms with Crippen LogP contribution in [0.1, 0.15) is 50.1 Å². The first-order valence-corrected chi connectivity index (χ1v) is 8.49. The molecule has 1 saturated carbocycles. The molecule has 0 spiro atoms. The van der Waals surface area contributed by atoms with Gasteiger partial charge in [-0.25, -0.2) is 4.39 Å². The average molecular weight is 354 g/mol. The monoisotopic (exact) mass is 353 g/mol. The molecule has 1 aliphatic heterocycles. The van der Waals surface area contributed by atoms with Gasteiger partial charge in [0.2, 0.25) is 0 Å². The second-order valence-electron chi connectivity index (χ2n) is 5.94. The van der Waals surface area contributed by atoms with Crippen molar-refractivity contribution in [3.05, 3.63) is 34.1 Å². The van der Waals surface area contributed by atoms with Gasteiger partial charge >= 0.3 is 0 Å². The number of nitrogens with zero attached hydrogens (tertiary/aromatic N) is 2. The summed E-state index contributed by atoms with van der Waals surface area (Å²) >= 11 is 3.21. The number of guanidine groups is 1. The molecule has 1 atom stereocenters. The minimum atomic E-state index is -0.223. The van der Waals surface area contributed by atoms with Crippen LogP contribution < -0.4 is 5.73 Å². The van der Waals surface area contributed by atoms with E-state index in [4.69, 9.17) is 5.73 Å². The van der Waals surface area contributed by atoms with Gasteiger partial charge in [-0.2, -0.15) is 0 Å². The Hall–Kier alpha value is -1.10. The average Bonchev–Trinajstić information content (AvgIpc) is 2.69. The SMILES string of the molecule is NC1=NCC(c2ccc(Br)c(F)c2)N1C1CCCCCC1. The van der Waals surface area contributed by atoms with Gasteiger partial charge in [-0.3, -0.25) is 4.99 Å². The van der Waals surface area contributed by atoms with Crippen molar-refractivity contribution in [1.82, 2.24) is 4.90 Å². The number of hydrogen-bond donors (Lipinski definition) is 1. The first kappa shape index (κ1) is 14.8. The number of aliphatic imine (C=N–C) groups is 1. The molecule has 1 fully saturated rings. The zero-order chi connectivity index (χ0) is 14.8. The fraction of sp³-hybridized carbons (Fsp3) is 0.562. The Morgan fingerprint density at radius 1 is 1.19 bits per heavy atom. The van der Waals surface area contributed by atoms with Crippen molar-refractivity contribution in [3.8, 4) is 0 Å². The van der Waals surface area contributed by atoms with Crippen LogP contribution in [-0.4, -0.2) is 23.4 Å². The van der Waals surface area contributed by atoms with E-state index in [1.807, 2.05) is 6.07 Å². The lowest BCUT2D eigenvalue weighted by Gasteiger charge is -2.34. The van der Waals surface area contributed by atoms with Gasteiger partial charge in [-0.15, -0.1) is 0 Å². The summed E-state index contributed by atoms with van der Waals surface area (Å²) in [5.41, 5.74) is 7.09. The quantitative estimate of drug-likeness (QED) is 0.817. The normalized spacial score (nSPS) is 24.0. The van der Waals surface area contributed by atoms with Crippen molar-refractivity contribution >= 4 is 21.9 Å². The summed E-state index contributed by atoms with van der Waals surface area (Å²) in [7, 11) is 0. The predicted molar refractivity (Wildman–Crippen MR) is 86.7 cm³/mol. The highest BCUT2D eigenvalue weighted by Gasteiger charge is 2.33. The van der Waals surface area contributed by atoms with Crippen LogP contribution in [0.2, 0.25) is 0 Å². The zero-order valence-electron chi connectivity index (χ0n) is 12.1. The number of rotatable bonds is 2. The summed E-state index contributed by atoms with van der Waals surface area (Å²) in [6.07, 6.45) is 7.42. The van der Waals surface area contributed by atoms with E-state index in [1.165, 1.54) is 25.7 Å². The van der Waals surface area contributed by atoms with Crippen molar-refractivity contribution in [2.45, 2.75) is 50.6 Å². The summed E-state index contributed by atoms with van der Waals surface area (Å²) in [6.45, 7) is 0.628. The largest absolute Gasteiger partial charge is 0.370 e. The lowest BCUT2D eigenvalue weighted by molar-refractivity contribution is 0.237. The topological polar surface area (TPSA) is 41.6 Å². The van der Waals surface area contributed by atoms with Crippen LogP contribution in [0.4, 0.5) is 4.39 Å². The maximum Gasteiger partial charge on any atom is 0.192 e. The van der Waals surface area contributed by atoms with E-state index in [0.717, 1.165) is 18.4 Å². The first-order chi connectivity index (χ1) is 10.2. The lowest BCUT2D eigenvalue weighted by atomic mass is 10.0. The Bertz CT molecular complexity index is 538. The van der Waals surface area contributed by atoms with E-state index in [-0.39, 0.29) is 11.9 Å². The number of nitrogens with two attached hydrogens (primary N) is 1. The van der Waals surface area contributed by atoms with E-state index in [2.05, 4.69) is 25.8 Å². The third-order valence-electron chi connectivity index (χ3n) is 4.57. The molecule has 1 aromatic carbocycles. The molecular weight excluding hydrogens is 333 g/mol. The van der Waals surface area contributed by atoms with Crippen LogP contribution in [0, 0.1) is 5.82 Å². The summed E-state index contributed by atoms with van der Waals surface area (Å²) < 4.78 is 14.3. The molecule has 1 aromatic rings. The Labute approximate surface area is 133 Å². The molecule has 5 heteroatoms. The number of halogens is 2. The van der Waals surface area contributed by atoms with Gasteiger partial charge in [-0.1, -0.05) is 31.7 Å². The summed E-state index contributed by atoms with van der Waals surface area (Å²) in [5.74, 6) is 0.397. The van der Waals surface area contributed by atoms with Gasteiger partial charge in [0, 0.05) is 6.04 Å². The van der Waals surface area contributed by atoms with Gasteiger partial charge in [0.15, 0.2) is 5.96 Å². The molecule has 3 nitrogen and oxygen atoms in total. The summed E-state index contributed by atoms with van der Waals surface area (Å²) in [5, 5.41) is 0. The van der Waals surface area contributed by atoms with E-state index in [9.17, 15) is 4.39 Å². The second-order valence-corrected chi connectivity index (χ2v) is 6.80. The molecule has 2 N–H and O–H groups in total. The van der Waals surface area contributed by atoms with Gasteiger partial charge in [0.05, 0.1) is 17.1 Å². The van der Waals surface area contributed by atoms with Crippen molar-refractivity contribution < 1.29 is 4.39 Å². The third-order valence-corrected chi connectivity index (χ3v) is 5.22. The van der Waals surface area contributed by atoms with Crippen LogP contribution in [0.5, 0.6) is 0 Å². The van der Waals surface area contributed by atoms with Crippen LogP contribution in [0.25, 0.3) is 0 Å². The molecule has 1 unspecified atom stereocenters. The Kier molecular flexibility index (Phi) is 4.48. The summed E-state index contributed by atoms with van der Waals surface area (Å²) in [6, 6.07) is 5.86. The molecule has 114 valence electrons. The van der Waals surface area contributed by atoms with Crippen LogP contribution in [0.3, 0.4) is 0 Å². The molecule has 0 amide bonds. The van der Waals surface area contributed by atoms with Crippen molar-refractivity contribution in [2.24, 2.45) is 10.7 Å². The van der Waals surface area contributed by atoms with E-state index in [1.54, 1.807) is 12.1 Å². The fourth-order valence-electron chi connectivity index (χ4n) is 3.47. The zero-order valence-corrected chi connectivity index (χ0v) is 13.7. The molecule has 0 saturated heterocycles. The van der Waals surface area contributed by atoms with E-state index >= 15 is 0 Å². The molecule has 1 heterocycles. The second kappa shape index (κ2) is 6.34. The van der Waals surface area contributed by atoms with Crippen LogP contribution in [-0.2, 0) is 0 Å². The number of hydrogen-bond acceptors (Lipinski definition) is 3. The van der Waals surface area contributed by atoms with Crippen LogP contribution >= 0.6 is 15.9 Å². The number of benzene rings is 1. The highest BCUT2D eigenvalue weighted by Crippen LogP contribution is 2.33. The van der Waals surface area contributed by atoms with Gasteiger partial charge in [-0.05, 0) is 46.5 Å². The highest BCUT2D eigenvalue weighted by atomic mass is 79.9. The minimum absolute atomic E-state index is 0.0794. The molecule has 0 bridgehead atoms. The maximum atomic E-state index is 13.8. The molecular formula is C16H21BrFN3. The van der Waals surface area contributed by atoms with Crippen molar-refractivity contribution in [1.29, 1.82) is 0 Å². The van der Waals surface area contributed by atoms with E-state index < -0.39 is 0 Å². The van der Waals surface area contributed by atoms with Crippen molar-refractivity contribution in [3.63, 3.8) is 0 Å².